The molecule has 106 valence electrons. The molecule has 0 bridgehead atoms. The maximum absolute atomic E-state index is 5.53. The zero-order valence-electron chi connectivity index (χ0n) is 12.2. The normalized spacial score (nSPS) is 11.6. The van der Waals surface area contributed by atoms with E-state index < -0.39 is 0 Å². The van der Waals surface area contributed by atoms with Gasteiger partial charge in [-0.1, -0.05) is 32.0 Å². The molecule has 1 rings (SSSR count). The minimum Gasteiger partial charge on any atom is -0.496 e. The number of hydrazine groups is 1. The number of nitrogens with zero attached hydrogens (tertiary/aromatic N) is 2. The molecule has 0 amide bonds. The van der Waals surface area contributed by atoms with Crippen LogP contribution in [0.2, 0.25) is 0 Å². The molecule has 5 nitrogen and oxygen atoms in total. The Morgan fingerprint density at radius 3 is 2.68 bits per heavy atom. The lowest BCUT2D eigenvalue weighted by atomic mass is 10.2. The third-order valence-corrected chi connectivity index (χ3v) is 2.70. The van der Waals surface area contributed by atoms with E-state index in [4.69, 9.17) is 10.6 Å². The maximum Gasteiger partial charge on any atom is 0.208 e. The van der Waals surface area contributed by atoms with Crippen molar-refractivity contribution < 1.29 is 4.74 Å². The van der Waals surface area contributed by atoms with Gasteiger partial charge in [-0.25, -0.2) is 5.84 Å². The summed E-state index contributed by atoms with van der Waals surface area (Å²) in [6, 6.07) is 7.93. The summed E-state index contributed by atoms with van der Waals surface area (Å²) in [4.78, 5) is 6.43. The molecule has 0 heterocycles. The average Bonchev–Trinajstić information content (AvgIpc) is 2.39. The standard InChI is InChI=1S/C14H24N4O/c1-11(2)9-16-14(17-15)18(3)10-12-7-5-6-8-13(12)19-4/h5-8,11H,9-10,15H2,1-4H3,(H,16,17). The summed E-state index contributed by atoms with van der Waals surface area (Å²) in [6.07, 6.45) is 0. The fraction of sp³-hybridized carbons (Fsp3) is 0.500. The van der Waals surface area contributed by atoms with E-state index in [0.29, 0.717) is 18.4 Å². The van der Waals surface area contributed by atoms with E-state index in [9.17, 15) is 0 Å². The quantitative estimate of drug-likeness (QED) is 0.367. The second-order valence-electron chi connectivity index (χ2n) is 4.87. The number of rotatable bonds is 5. The first-order valence-electron chi connectivity index (χ1n) is 6.42. The van der Waals surface area contributed by atoms with E-state index in [2.05, 4.69) is 24.3 Å². The summed E-state index contributed by atoms with van der Waals surface area (Å²) in [7, 11) is 3.62. The van der Waals surface area contributed by atoms with Crippen LogP contribution in [0.25, 0.3) is 0 Å². The Balaban J connectivity index is 2.76. The molecule has 0 aliphatic heterocycles. The van der Waals surface area contributed by atoms with Gasteiger partial charge in [-0.15, -0.1) is 0 Å². The Morgan fingerprint density at radius 1 is 1.42 bits per heavy atom. The van der Waals surface area contributed by atoms with Crippen LogP contribution in [0.4, 0.5) is 0 Å². The van der Waals surface area contributed by atoms with Crippen molar-refractivity contribution in [3.05, 3.63) is 29.8 Å². The first kappa shape index (κ1) is 15.3. The second kappa shape index (κ2) is 7.63. The number of nitrogens with one attached hydrogen (secondary N) is 1. The highest BCUT2D eigenvalue weighted by molar-refractivity contribution is 5.79. The van der Waals surface area contributed by atoms with Gasteiger partial charge in [0.05, 0.1) is 7.11 Å². The van der Waals surface area contributed by atoms with Gasteiger partial charge in [-0.05, 0) is 12.0 Å². The SMILES string of the molecule is COc1ccccc1CN(C)C(=NCC(C)C)NN. The third kappa shape index (κ3) is 4.79. The van der Waals surface area contributed by atoms with Gasteiger partial charge in [0.2, 0.25) is 5.96 Å². The van der Waals surface area contributed by atoms with E-state index in [1.165, 1.54) is 0 Å². The molecule has 19 heavy (non-hydrogen) atoms. The zero-order valence-corrected chi connectivity index (χ0v) is 12.2. The summed E-state index contributed by atoms with van der Waals surface area (Å²) in [5.41, 5.74) is 3.75. The van der Waals surface area contributed by atoms with E-state index in [0.717, 1.165) is 17.9 Å². The minimum absolute atomic E-state index is 0.503. The average molecular weight is 264 g/mol. The van der Waals surface area contributed by atoms with Gasteiger partial charge < -0.3 is 9.64 Å². The van der Waals surface area contributed by atoms with Crippen LogP contribution in [0, 0.1) is 5.92 Å². The summed E-state index contributed by atoms with van der Waals surface area (Å²) in [5.74, 6) is 7.58. The predicted octanol–water partition coefficient (Wildman–Crippen LogP) is 1.60. The largest absolute Gasteiger partial charge is 0.496 e. The van der Waals surface area contributed by atoms with E-state index in [1.807, 2.05) is 36.2 Å². The molecule has 0 aromatic heterocycles. The van der Waals surface area contributed by atoms with Crippen LogP contribution in [0.15, 0.2) is 29.3 Å². The van der Waals surface area contributed by atoms with Crippen LogP contribution in [-0.4, -0.2) is 31.6 Å². The molecule has 0 spiro atoms. The Labute approximate surface area is 115 Å². The Morgan fingerprint density at radius 2 is 2.11 bits per heavy atom. The Kier molecular flexibility index (Phi) is 6.15. The van der Waals surface area contributed by atoms with Crippen molar-refractivity contribution >= 4 is 5.96 Å². The summed E-state index contributed by atoms with van der Waals surface area (Å²) < 4.78 is 5.34. The van der Waals surface area contributed by atoms with Crippen LogP contribution < -0.4 is 16.0 Å². The van der Waals surface area contributed by atoms with Gasteiger partial charge in [0.25, 0.3) is 0 Å². The summed E-state index contributed by atoms with van der Waals surface area (Å²) in [6.45, 7) is 5.68. The molecule has 0 aliphatic carbocycles. The predicted molar refractivity (Wildman–Crippen MR) is 78.9 cm³/mol. The first-order chi connectivity index (χ1) is 9.08. The molecular formula is C14H24N4O. The monoisotopic (exact) mass is 264 g/mol. The summed E-state index contributed by atoms with van der Waals surface area (Å²) >= 11 is 0. The molecule has 0 saturated carbocycles. The molecule has 0 unspecified atom stereocenters. The lowest BCUT2D eigenvalue weighted by Crippen LogP contribution is -2.42. The highest BCUT2D eigenvalue weighted by Gasteiger charge is 2.09. The van der Waals surface area contributed by atoms with Crippen molar-refractivity contribution in [2.45, 2.75) is 20.4 Å². The van der Waals surface area contributed by atoms with Crippen molar-refractivity contribution in [2.75, 3.05) is 20.7 Å². The van der Waals surface area contributed by atoms with Gasteiger partial charge in [-0.2, -0.15) is 0 Å². The van der Waals surface area contributed by atoms with Gasteiger partial charge in [0.15, 0.2) is 0 Å². The number of nitrogens with two attached hydrogens (primary N) is 1. The summed E-state index contributed by atoms with van der Waals surface area (Å²) in [5, 5.41) is 0. The molecule has 0 atom stereocenters. The molecule has 5 heteroatoms. The van der Waals surface area contributed by atoms with E-state index in [1.54, 1.807) is 7.11 Å². The number of hydrogen-bond donors (Lipinski definition) is 2. The number of methoxy groups -OCH3 is 1. The number of aliphatic imine (C=N–C) groups is 1. The molecule has 0 saturated heterocycles. The number of hydrogen-bond acceptors (Lipinski definition) is 3. The third-order valence-electron chi connectivity index (χ3n) is 2.70. The van der Waals surface area contributed by atoms with Crippen LogP contribution in [0.1, 0.15) is 19.4 Å². The molecule has 3 N–H and O–H groups in total. The van der Waals surface area contributed by atoms with Crippen molar-refractivity contribution in [2.24, 2.45) is 16.8 Å². The van der Waals surface area contributed by atoms with E-state index in [-0.39, 0.29) is 0 Å². The lowest BCUT2D eigenvalue weighted by Gasteiger charge is -2.22. The Bertz CT molecular complexity index is 418. The van der Waals surface area contributed by atoms with Crippen molar-refractivity contribution in [1.82, 2.24) is 10.3 Å². The number of benzene rings is 1. The molecule has 0 fully saturated rings. The molecular weight excluding hydrogens is 240 g/mol. The van der Waals surface area contributed by atoms with Gasteiger partial charge >= 0.3 is 0 Å². The smallest absolute Gasteiger partial charge is 0.208 e. The van der Waals surface area contributed by atoms with Crippen molar-refractivity contribution in [1.29, 1.82) is 0 Å². The number of para-hydroxylation sites is 1. The maximum atomic E-state index is 5.53. The Hall–Kier alpha value is -1.75. The van der Waals surface area contributed by atoms with Crippen LogP contribution in [0.5, 0.6) is 5.75 Å². The fourth-order valence-corrected chi connectivity index (χ4v) is 1.71. The fourth-order valence-electron chi connectivity index (χ4n) is 1.71. The number of ether oxygens (including phenoxy) is 1. The lowest BCUT2D eigenvalue weighted by molar-refractivity contribution is 0.395. The zero-order chi connectivity index (χ0) is 14.3. The van der Waals surface area contributed by atoms with Crippen molar-refractivity contribution in [3.8, 4) is 5.75 Å². The van der Waals surface area contributed by atoms with Crippen LogP contribution >= 0.6 is 0 Å². The van der Waals surface area contributed by atoms with Gasteiger partial charge in [0, 0.05) is 25.7 Å². The second-order valence-corrected chi connectivity index (χ2v) is 4.87. The van der Waals surface area contributed by atoms with Crippen LogP contribution in [0.3, 0.4) is 0 Å². The topological polar surface area (TPSA) is 62.9 Å². The van der Waals surface area contributed by atoms with Gasteiger partial charge in [0.1, 0.15) is 5.75 Å². The highest BCUT2D eigenvalue weighted by Crippen LogP contribution is 2.18. The molecule has 1 aromatic rings. The minimum atomic E-state index is 0.503. The van der Waals surface area contributed by atoms with Gasteiger partial charge in [-0.3, -0.25) is 10.4 Å². The molecule has 0 aliphatic rings. The molecule has 1 aromatic carbocycles. The molecule has 0 radical (unpaired) electrons. The number of guanidine groups is 1. The van der Waals surface area contributed by atoms with Crippen molar-refractivity contribution in [3.63, 3.8) is 0 Å². The first-order valence-corrected chi connectivity index (χ1v) is 6.42. The highest BCUT2D eigenvalue weighted by atomic mass is 16.5. The van der Waals surface area contributed by atoms with Crippen LogP contribution in [-0.2, 0) is 6.54 Å². The van der Waals surface area contributed by atoms with E-state index >= 15 is 0 Å².